The Hall–Kier alpha value is -2.68. The predicted octanol–water partition coefficient (Wildman–Crippen LogP) is 2.75. The van der Waals surface area contributed by atoms with Crippen molar-refractivity contribution in [2.75, 3.05) is 38.0 Å². The van der Waals surface area contributed by atoms with Crippen molar-refractivity contribution >= 4 is 32.5 Å². The predicted molar refractivity (Wildman–Crippen MR) is 114 cm³/mol. The first kappa shape index (κ1) is 19.6. The summed E-state index contributed by atoms with van der Waals surface area (Å²) < 4.78 is 27.5. The van der Waals surface area contributed by atoms with Crippen LogP contribution in [-0.2, 0) is 10.0 Å². The van der Waals surface area contributed by atoms with Crippen molar-refractivity contribution in [3.8, 4) is 0 Å². The van der Waals surface area contributed by atoms with Gasteiger partial charge in [-0.2, -0.15) is 4.31 Å². The summed E-state index contributed by atoms with van der Waals surface area (Å²) in [6.07, 6.45) is 0. The number of fused-ring (bicyclic) bond motifs is 1. The Bertz CT molecular complexity index is 1100. The number of hydrogen-bond acceptors (Lipinski definition) is 4. The monoisotopic (exact) mass is 412 g/mol. The summed E-state index contributed by atoms with van der Waals surface area (Å²) in [7, 11) is -3.59. The molecule has 4 rings (SSSR count). The van der Waals surface area contributed by atoms with Crippen molar-refractivity contribution in [1.29, 1.82) is 0 Å². The number of aromatic amines is 1. The second kappa shape index (κ2) is 7.98. The molecule has 1 saturated heterocycles. The molecule has 0 unspecified atom stereocenters. The molecule has 29 heavy (non-hydrogen) atoms. The van der Waals surface area contributed by atoms with E-state index in [1.165, 1.54) is 10.4 Å². The fourth-order valence-electron chi connectivity index (χ4n) is 3.56. The van der Waals surface area contributed by atoms with Gasteiger partial charge in [-0.25, -0.2) is 8.42 Å². The lowest BCUT2D eigenvalue weighted by molar-refractivity contribution is 0.102. The third kappa shape index (κ3) is 4.05. The van der Waals surface area contributed by atoms with Crippen LogP contribution in [0.3, 0.4) is 0 Å². The van der Waals surface area contributed by atoms with Crippen molar-refractivity contribution < 1.29 is 13.2 Å². The number of nitrogens with zero attached hydrogens (tertiary/aromatic N) is 2. The molecule has 1 fully saturated rings. The second-order valence-corrected chi connectivity index (χ2v) is 9.03. The first-order chi connectivity index (χ1) is 14.0. The number of nitrogens with one attached hydrogen (secondary N) is 2. The third-order valence-corrected chi connectivity index (χ3v) is 7.18. The van der Waals surface area contributed by atoms with Gasteiger partial charge in [0.2, 0.25) is 10.0 Å². The highest BCUT2D eigenvalue weighted by molar-refractivity contribution is 7.89. The molecule has 0 radical (unpaired) electrons. The van der Waals surface area contributed by atoms with E-state index in [0.717, 1.165) is 30.5 Å². The smallest absolute Gasteiger partial charge is 0.272 e. The number of carbonyl (C=O) groups excluding carboxylic acids is 1. The Labute approximate surface area is 170 Å². The van der Waals surface area contributed by atoms with Gasteiger partial charge in [0.1, 0.15) is 5.69 Å². The van der Waals surface area contributed by atoms with Gasteiger partial charge in [0.05, 0.1) is 4.90 Å². The fraction of sp³-hybridized carbons (Fsp3) is 0.286. The average molecular weight is 413 g/mol. The average Bonchev–Trinajstić information content (AvgIpc) is 3.18. The van der Waals surface area contributed by atoms with Crippen LogP contribution in [0.2, 0.25) is 0 Å². The molecule has 152 valence electrons. The van der Waals surface area contributed by atoms with E-state index in [-0.39, 0.29) is 10.8 Å². The molecule has 1 aliphatic rings. The molecular weight excluding hydrogens is 388 g/mol. The maximum Gasteiger partial charge on any atom is 0.272 e. The summed E-state index contributed by atoms with van der Waals surface area (Å²) >= 11 is 0. The number of carbonyl (C=O) groups is 1. The second-order valence-electron chi connectivity index (χ2n) is 7.09. The van der Waals surface area contributed by atoms with Gasteiger partial charge in [-0.15, -0.1) is 0 Å². The van der Waals surface area contributed by atoms with E-state index < -0.39 is 10.0 Å². The van der Waals surface area contributed by atoms with Crippen LogP contribution in [0.4, 0.5) is 5.69 Å². The number of rotatable bonds is 5. The molecule has 1 aromatic heterocycles. The topological polar surface area (TPSA) is 85.5 Å². The zero-order chi connectivity index (χ0) is 20.4. The van der Waals surface area contributed by atoms with Crippen molar-refractivity contribution in [2.24, 2.45) is 0 Å². The van der Waals surface area contributed by atoms with E-state index >= 15 is 0 Å². The summed E-state index contributed by atoms with van der Waals surface area (Å²) in [5.74, 6) is -0.313. The molecule has 2 heterocycles. The van der Waals surface area contributed by atoms with Crippen molar-refractivity contribution in [1.82, 2.24) is 14.2 Å². The number of anilines is 1. The lowest BCUT2D eigenvalue weighted by Crippen LogP contribution is -2.48. The van der Waals surface area contributed by atoms with Crippen LogP contribution >= 0.6 is 0 Å². The largest absolute Gasteiger partial charge is 0.351 e. The van der Waals surface area contributed by atoms with Gasteiger partial charge in [-0.3, -0.25) is 4.79 Å². The van der Waals surface area contributed by atoms with Crippen LogP contribution < -0.4 is 5.32 Å². The zero-order valence-corrected chi connectivity index (χ0v) is 17.1. The van der Waals surface area contributed by atoms with Crippen molar-refractivity contribution in [3.05, 3.63) is 60.3 Å². The van der Waals surface area contributed by atoms with Crippen molar-refractivity contribution in [2.45, 2.75) is 11.8 Å². The lowest BCUT2D eigenvalue weighted by Gasteiger charge is -2.33. The number of H-pyrrole nitrogens is 1. The number of benzene rings is 2. The Balaban J connectivity index is 1.51. The molecule has 2 N–H and O–H groups in total. The molecule has 1 amide bonds. The Kier molecular flexibility index (Phi) is 5.40. The molecular formula is C21H24N4O3S. The quantitative estimate of drug-likeness (QED) is 0.675. The molecule has 1 aliphatic heterocycles. The molecule has 0 bridgehead atoms. The fourth-order valence-corrected chi connectivity index (χ4v) is 5.03. The first-order valence-electron chi connectivity index (χ1n) is 9.69. The Morgan fingerprint density at radius 3 is 2.52 bits per heavy atom. The summed E-state index contributed by atoms with van der Waals surface area (Å²) in [4.78, 5) is 18.1. The molecule has 0 spiro atoms. The van der Waals surface area contributed by atoms with Crippen molar-refractivity contribution in [3.63, 3.8) is 0 Å². The molecule has 0 aliphatic carbocycles. The van der Waals surface area contributed by atoms with E-state index in [1.54, 1.807) is 24.3 Å². The number of likely N-dealkylation sites (N-methyl/N-ethyl adjacent to an activating group) is 1. The van der Waals surface area contributed by atoms with Gasteiger partial charge < -0.3 is 15.2 Å². The molecule has 8 heteroatoms. The highest BCUT2D eigenvalue weighted by Gasteiger charge is 2.28. The normalized spacial score (nSPS) is 16.2. The number of hydrogen-bond donors (Lipinski definition) is 2. The summed E-state index contributed by atoms with van der Waals surface area (Å²) in [6.45, 7) is 5.40. The molecule has 7 nitrogen and oxygen atoms in total. The van der Waals surface area contributed by atoms with Crippen LogP contribution in [0.25, 0.3) is 10.9 Å². The molecule has 0 atom stereocenters. The van der Waals surface area contributed by atoms with Crippen LogP contribution in [0, 0.1) is 0 Å². The van der Waals surface area contributed by atoms with Gasteiger partial charge in [-0.05, 0) is 36.9 Å². The number of aromatic nitrogens is 1. The minimum atomic E-state index is -3.59. The molecule has 3 aromatic rings. The van der Waals surface area contributed by atoms with E-state index in [1.807, 2.05) is 24.3 Å². The zero-order valence-electron chi connectivity index (χ0n) is 16.3. The van der Waals surface area contributed by atoms with E-state index in [9.17, 15) is 13.2 Å². The van der Waals surface area contributed by atoms with Crippen LogP contribution in [0.5, 0.6) is 0 Å². The summed E-state index contributed by atoms with van der Waals surface area (Å²) in [6, 6.07) is 15.8. The Morgan fingerprint density at radius 1 is 1.03 bits per heavy atom. The minimum absolute atomic E-state index is 0.192. The number of sulfonamides is 1. The van der Waals surface area contributed by atoms with Gasteiger partial charge >= 0.3 is 0 Å². The van der Waals surface area contributed by atoms with Gasteiger partial charge in [0, 0.05) is 42.8 Å². The van der Waals surface area contributed by atoms with Gasteiger partial charge in [0.25, 0.3) is 5.91 Å². The summed E-state index contributed by atoms with van der Waals surface area (Å²) in [5, 5.41) is 3.73. The highest BCUT2D eigenvalue weighted by Crippen LogP contribution is 2.22. The van der Waals surface area contributed by atoms with Crippen LogP contribution in [0.15, 0.2) is 59.5 Å². The van der Waals surface area contributed by atoms with E-state index in [0.29, 0.717) is 24.5 Å². The Morgan fingerprint density at radius 2 is 1.79 bits per heavy atom. The third-order valence-electron chi connectivity index (χ3n) is 5.28. The minimum Gasteiger partial charge on any atom is -0.351 e. The van der Waals surface area contributed by atoms with Crippen LogP contribution in [0.1, 0.15) is 17.4 Å². The molecule has 0 saturated carbocycles. The van der Waals surface area contributed by atoms with E-state index in [4.69, 9.17) is 0 Å². The van der Waals surface area contributed by atoms with E-state index in [2.05, 4.69) is 22.1 Å². The SMILES string of the molecule is CCN1CCN(S(=O)(=O)c2cccc(NC(=O)c3cc4ccccc4[nH]3)c2)CC1. The maximum atomic E-state index is 13.0. The number of amides is 1. The highest BCUT2D eigenvalue weighted by atomic mass is 32.2. The van der Waals surface area contributed by atoms with Gasteiger partial charge in [0.15, 0.2) is 0 Å². The van der Waals surface area contributed by atoms with Gasteiger partial charge in [-0.1, -0.05) is 31.2 Å². The van der Waals surface area contributed by atoms with Crippen LogP contribution in [-0.4, -0.2) is 61.2 Å². The maximum absolute atomic E-state index is 13.0. The lowest BCUT2D eigenvalue weighted by atomic mass is 10.2. The standard InChI is InChI=1S/C21H24N4O3S/c1-2-24-10-12-25(13-11-24)29(27,28)18-8-5-7-17(15-18)22-21(26)20-14-16-6-3-4-9-19(16)23-20/h3-9,14-15,23H,2,10-13H2,1H3,(H,22,26). The number of piperazine rings is 1. The first-order valence-corrected chi connectivity index (χ1v) is 11.1. The number of para-hydroxylation sites is 1. The summed E-state index contributed by atoms with van der Waals surface area (Å²) in [5.41, 5.74) is 1.75. The molecule has 2 aromatic carbocycles.